The third-order valence-corrected chi connectivity index (χ3v) is 1.75. The summed E-state index contributed by atoms with van der Waals surface area (Å²) in [4.78, 5) is 4.20. The molecule has 0 spiro atoms. The van der Waals surface area contributed by atoms with Crippen LogP contribution in [0.5, 0.6) is 0 Å². The molecule has 5 heteroatoms. The lowest BCUT2D eigenvalue weighted by molar-refractivity contribution is 0.936. The first kappa shape index (κ1) is 7.36. The molecule has 0 saturated heterocycles. The van der Waals surface area contributed by atoms with Crippen molar-refractivity contribution < 1.29 is 0 Å². The lowest BCUT2D eigenvalue weighted by Crippen LogP contribution is -1.88. The number of hydrogen-bond donors (Lipinski definition) is 1. The number of anilines is 1. The fraction of sp³-hybridized carbons (Fsp3) is 0.143. The van der Waals surface area contributed by atoms with E-state index in [4.69, 9.17) is 11.6 Å². The van der Waals surface area contributed by atoms with Crippen LogP contribution in [0.3, 0.4) is 0 Å². The molecule has 0 radical (unpaired) electrons. The number of halogens is 1. The van der Waals surface area contributed by atoms with Gasteiger partial charge < -0.3 is 5.32 Å². The van der Waals surface area contributed by atoms with Gasteiger partial charge in [-0.25, -0.2) is 9.50 Å². The van der Waals surface area contributed by atoms with Gasteiger partial charge in [-0.3, -0.25) is 0 Å². The van der Waals surface area contributed by atoms with Crippen LogP contribution in [0.4, 0.5) is 5.82 Å². The van der Waals surface area contributed by atoms with E-state index in [9.17, 15) is 0 Å². The van der Waals surface area contributed by atoms with Crippen molar-refractivity contribution >= 4 is 23.1 Å². The van der Waals surface area contributed by atoms with Crippen LogP contribution >= 0.6 is 11.6 Å². The predicted octanol–water partition coefficient (Wildman–Crippen LogP) is 1.42. The summed E-state index contributed by atoms with van der Waals surface area (Å²) < 4.78 is 1.63. The quantitative estimate of drug-likeness (QED) is 0.726. The van der Waals surface area contributed by atoms with Crippen molar-refractivity contribution in [3.8, 4) is 0 Å². The van der Waals surface area contributed by atoms with Gasteiger partial charge in [0.1, 0.15) is 11.0 Å². The first-order valence-corrected chi connectivity index (χ1v) is 3.87. The van der Waals surface area contributed by atoms with Gasteiger partial charge in [-0.1, -0.05) is 11.6 Å². The average Bonchev–Trinajstić information content (AvgIpc) is 2.46. The van der Waals surface area contributed by atoms with Crippen LogP contribution < -0.4 is 5.32 Å². The van der Waals surface area contributed by atoms with Crippen molar-refractivity contribution in [3.05, 3.63) is 23.5 Å². The fourth-order valence-corrected chi connectivity index (χ4v) is 1.12. The second-order valence-electron chi connectivity index (χ2n) is 2.33. The van der Waals surface area contributed by atoms with Gasteiger partial charge >= 0.3 is 0 Å². The molecule has 4 nitrogen and oxygen atoms in total. The first-order valence-electron chi connectivity index (χ1n) is 3.49. The van der Waals surface area contributed by atoms with Crippen LogP contribution in [0.15, 0.2) is 18.3 Å². The zero-order valence-electron chi connectivity index (χ0n) is 6.45. The minimum Gasteiger partial charge on any atom is -0.372 e. The van der Waals surface area contributed by atoms with Gasteiger partial charge in [0.2, 0.25) is 0 Å². The monoisotopic (exact) mass is 182 g/mol. The van der Waals surface area contributed by atoms with Crippen molar-refractivity contribution in [3.63, 3.8) is 0 Å². The SMILES string of the molecule is CNc1cn2nc(Cl)ccc2n1. The highest BCUT2D eigenvalue weighted by Crippen LogP contribution is 2.10. The van der Waals surface area contributed by atoms with Gasteiger partial charge in [0.15, 0.2) is 5.65 Å². The molecule has 0 amide bonds. The fourth-order valence-electron chi connectivity index (χ4n) is 0.979. The number of rotatable bonds is 1. The van der Waals surface area contributed by atoms with E-state index in [2.05, 4.69) is 15.4 Å². The molecule has 12 heavy (non-hydrogen) atoms. The summed E-state index contributed by atoms with van der Waals surface area (Å²) in [6.07, 6.45) is 1.78. The Morgan fingerprint density at radius 1 is 1.50 bits per heavy atom. The molecule has 1 N–H and O–H groups in total. The lowest BCUT2D eigenvalue weighted by Gasteiger charge is -1.89. The average molecular weight is 183 g/mol. The molecule has 2 aromatic rings. The molecule has 0 aliphatic carbocycles. The summed E-state index contributed by atoms with van der Waals surface area (Å²) in [5.74, 6) is 0.782. The Bertz CT molecular complexity index is 409. The highest BCUT2D eigenvalue weighted by Gasteiger charge is 1.99. The number of imidazole rings is 1. The van der Waals surface area contributed by atoms with E-state index in [0.717, 1.165) is 11.5 Å². The molecular formula is C7H7ClN4. The summed E-state index contributed by atoms with van der Waals surface area (Å²) >= 11 is 5.69. The summed E-state index contributed by atoms with van der Waals surface area (Å²) in [5, 5.41) is 7.41. The molecule has 62 valence electrons. The molecule has 0 aromatic carbocycles. The van der Waals surface area contributed by atoms with Crippen LogP contribution in [-0.2, 0) is 0 Å². The number of fused-ring (bicyclic) bond motifs is 1. The molecule has 0 bridgehead atoms. The van der Waals surface area contributed by atoms with Gasteiger partial charge in [0.05, 0.1) is 6.20 Å². The van der Waals surface area contributed by atoms with E-state index < -0.39 is 0 Å². The summed E-state index contributed by atoms with van der Waals surface area (Å²) in [6, 6.07) is 3.53. The van der Waals surface area contributed by atoms with Crippen LogP contribution in [0.25, 0.3) is 5.65 Å². The van der Waals surface area contributed by atoms with Gasteiger partial charge in [-0.05, 0) is 12.1 Å². The maximum absolute atomic E-state index is 5.69. The van der Waals surface area contributed by atoms with Crippen molar-refractivity contribution in [1.29, 1.82) is 0 Å². The molecule has 2 aromatic heterocycles. The molecule has 0 unspecified atom stereocenters. The van der Waals surface area contributed by atoms with Crippen LogP contribution in [0, 0.1) is 0 Å². The molecule has 2 heterocycles. The van der Waals surface area contributed by atoms with Gasteiger partial charge in [-0.2, -0.15) is 5.10 Å². The molecule has 0 saturated carbocycles. The second kappa shape index (κ2) is 2.64. The number of aromatic nitrogens is 3. The van der Waals surface area contributed by atoms with Gasteiger partial charge in [0, 0.05) is 7.05 Å². The standard InChI is InChI=1S/C7H7ClN4/c1-9-6-4-12-7(10-6)3-2-5(8)11-12/h2-4,9H,1H3. The molecule has 0 fully saturated rings. The minimum absolute atomic E-state index is 0.461. The Morgan fingerprint density at radius 3 is 3.08 bits per heavy atom. The van der Waals surface area contributed by atoms with E-state index in [0.29, 0.717) is 5.15 Å². The van der Waals surface area contributed by atoms with Gasteiger partial charge in [0.25, 0.3) is 0 Å². The van der Waals surface area contributed by atoms with Crippen molar-refractivity contribution in [1.82, 2.24) is 14.6 Å². The normalized spacial score (nSPS) is 10.5. The maximum atomic E-state index is 5.69. The summed E-state index contributed by atoms with van der Waals surface area (Å²) in [7, 11) is 1.81. The summed E-state index contributed by atoms with van der Waals surface area (Å²) in [5.41, 5.74) is 0.781. The second-order valence-corrected chi connectivity index (χ2v) is 2.72. The predicted molar refractivity (Wildman–Crippen MR) is 47.5 cm³/mol. The molecule has 0 aliphatic heterocycles. The number of hydrogen-bond acceptors (Lipinski definition) is 3. The molecular weight excluding hydrogens is 176 g/mol. The highest BCUT2D eigenvalue weighted by atomic mass is 35.5. The first-order chi connectivity index (χ1) is 5.79. The minimum atomic E-state index is 0.461. The Hall–Kier alpha value is -1.29. The van der Waals surface area contributed by atoms with Crippen LogP contribution in [0.1, 0.15) is 0 Å². The van der Waals surface area contributed by atoms with Crippen molar-refractivity contribution in [2.24, 2.45) is 0 Å². The highest BCUT2D eigenvalue weighted by molar-refractivity contribution is 6.29. The smallest absolute Gasteiger partial charge is 0.156 e. The van der Waals surface area contributed by atoms with Crippen LogP contribution in [-0.4, -0.2) is 21.6 Å². The Labute approximate surface area is 74.2 Å². The Balaban J connectivity index is 2.67. The molecule has 2 rings (SSSR count). The topological polar surface area (TPSA) is 42.2 Å². The lowest BCUT2D eigenvalue weighted by atomic mass is 10.6. The molecule has 0 aliphatic rings. The van der Waals surface area contributed by atoms with Gasteiger partial charge in [-0.15, -0.1) is 0 Å². The van der Waals surface area contributed by atoms with E-state index in [-0.39, 0.29) is 0 Å². The van der Waals surface area contributed by atoms with Crippen molar-refractivity contribution in [2.45, 2.75) is 0 Å². The zero-order valence-corrected chi connectivity index (χ0v) is 7.21. The number of nitrogens with zero attached hydrogens (tertiary/aromatic N) is 3. The Morgan fingerprint density at radius 2 is 2.33 bits per heavy atom. The molecule has 0 atom stereocenters. The maximum Gasteiger partial charge on any atom is 0.156 e. The Kier molecular flexibility index (Phi) is 1.62. The van der Waals surface area contributed by atoms with E-state index in [1.54, 1.807) is 16.8 Å². The third-order valence-electron chi connectivity index (χ3n) is 1.54. The number of nitrogens with one attached hydrogen (secondary N) is 1. The van der Waals surface area contributed by atoms with Crippen LogP contribution in [0.2, 0.25) is 5.15 Å². The zero-order chi connectivity index (χ0) is 8.55. The van der Waals surface area contributed by atoms with E-state index in [1.807, 2.05) is 13.1 Å². The largest absolute Gasteiger partial charge is 0.372 e. The van der Waals surface area contributed by atoms with E-state index in [1.165, 1.54) is 0 Å². The third kappa shape index (κ3) is 1.10. The van der Waals surface area contributed by atoms with E-state index >= 15 is 0 Å². The summed E-state index contributed by atoms with van der Waals surface area (Å²) in [6.45, 7) is 0. The van der Waals surface area contributed by atoms with Crippen molar-refractivity contribution in [2.75, 3.05) is 12.4 Å².